The van der Waals surface area contributed by atoms with Crippen molar-refractivity contribution in [1.82, 2.24) is 9.78 Å². The number of aldehydes is 1. The van der Waals surface area contributed by atoms with Gasteiger partial charge < -0.3 is 0 Å². The molecule has 0 N–H and O–H groups in total. The summed E-state index contributed by atoms with van der Waals surface area (Å²) in [4.78, 5) is 10.7. The van der Waals surface area contributed by atoms with Crippen LogP contribution in [0, 0.1) is 0 Å². The number of hydrogen-bond acceptors (Lipinski definition) is 2. The van der Waals surface area contributed by atoms with Gasteiger partial charge in [0.15, 0.2) is 0 Å². The highest BCUT2D eigenvalue weighted by molar-refractivity contribution is 5.75. The number of carbonyl (C=O) groups is 1. The molecular formula is C13H12N2O. The van der Waals surface area contributed by atoms with Crippen molar-refractivity contribution < 1.29 is 4.79 Å². The standard InChI is InChI=1S/C13H12N2O/c16-9-10-2-1-3-12(8-10)15-7-6-13(14-15)11-4-5-11/h1-3,6-9,11H,4-5H2. The quantitative estimate of drug-likeness (QED) is 0.733. The second-order valence-electron chi connectivity index (χ2n) is 4.17. The van der Waals surface area contributed by atoms with Crippen LogP contribution in [0.4, 0.5) is 0 Å². The van der Waals surface area contributed by atoms with Crippen LogP contribution in [0.5, 0.6) is 0 Å². The summed E-state index contributed by atoms with van der Waals surface area (Å²) in [6, 6.07) is 9.53. The van der Waals surface area contributed by atoms with Gasteiger partial charge in [0.25, 0.3) is 0 Å². The molecule has 0 saturated heterocycles. The Hall–Kier alpha value is -1.90. The van der Waals surface area contributed by atoms with Gasteiger partial charge in [-0.3, -0.25) is 4.79 Å². The lowest BCUT2D eigenvalue weighted by Crippen LogP contribution is -1.96. The summed E-state index contributed by atoms with van der Waals surface area (Å²) in [6.45, 7) is 0. The summed E-state index contributed by atoms with van der Waals surface area (Å²) >= 11 is 0. The third-order valence-corrected chi connectivity index (χ3v) is 2.88. The highest BCUT2D eigenvalue weighted by Gasteiger charge is 2.25. The van der Waals surface area contributed by atoms with Crippen LogP contribution in [0.25, 0.3) is 5.69 Å². The largest absolute Gasteiger partial charge is 0.298 e. The molecule has 1 heterocycles. The summed E-state index contributed by atoms with van der Waals surface area (Å²) < 4.78 is 1.83. The molecule has 1 aromatic carbocycles. The lowest BCUT2D eigenvalue weighted by Gasteiger charge is -2.01. The van der Waals surface area contributed by atoms with Crippen molar-refractivity contribution in [3.63, 3.8) is 0 Å². The smallest absolute Gasteiger partial charge is 0.150 e. The van der Waals surface area contributed by atoms with E-state index in [1.807, 2.05) is 29.1 Å². The maximum absolute atomic E-state index is 10.7. The Morgan fingerprint density at radius 3 is 2.94 bits per heavy atom. The zero-order valence-electron chi connectivity index (χ0n) is 8.84. The lowest BCUT2D eigenvalue weighted by molar-refractivity contribution is 0.112. The van der Waals surface area contributed by atoms with E-state index in [4.69, 9.17) is 0 Å². The van der Waals surface area contributed by atoms with Gasteiger partial charge in [-0.1, -0.05) is 12.1 Å². The van der Waals surface area contributed by atoms with Gasteiger partial charge in [0.2, 0.25) is 0 Å². The van der Waals surface area contributed by atoms with Gasteiger partial charge in [0.1, 0.15) is 6.29 Å². The van der Waals surface area contributed by atoms with Crippen molar-refractivity contribution in [2.24, 2.45) is 0 Å². The molecule has 2 aromatic rings. The van der Waals surface area contributed by atoms with Gasteiger partial charge in [-0.2, -0.15) is 5.10 Å². The van der Waals surface area contributed by atoms with Gasteiger partial charge in [-0.15, -0.1) is 0 Å². The van der Waals surface area contributed by atoms with Crippen LogP contribution >= 0.6 is 0 Å². The average molecular weight is 212 g/mol. The number of carbonyl (C=O) groups excluding carboxylic acids is 1. The predicted octanol–water partition coefficient (Wildman–Crippen LogP) is 2.56. The van der Waals surface area contributed by atoms with Crippen LogP contribution in [0.2, 0.25) is 0 Å². The van der Waals surface area contributed by atoms with Gasteiger partial charge in [-0.25, -0.2) is 4.68 Å². The van der Waals surface area contributed by atoms with E-state index in [-0.39, 0.29) is 0 Å². The Kier molecular flexibility index (Phi) is 2.10. The Balaban J connectivity index is 1.96. The van der Waals surface area contributed by atoms with E-state index in [0.717, 1.165) is 17.7 Å². The molecule has 0 radical (unpaired) electrons. The Morgan fingerprint density at radius 1 is 1.31 bits per heavy atom. The fourth-order valence-electron chi connectivity index (χ4n) is 1.82. The molecule has 0 atom stereocenters. The van der Waals surface area contributed by atoms with Gasteiger partial charge in [0.05, 0.1) is 11.4 Å². The van der Waals surface area contributed by atoms with E-state index in [1.165, 1.54) is 12.8 Å². The van der Waals surface area contributed by atoms with E-state index in [1.54, 1.807) is 6.07 Å². The Labute approximate surface area is 93.7 Å². The molecule has 1 saturated carbocycles. The summed E-state index contributed by atoms with van der Waals surface area (Å²) in [5.74, 6) is 0.663. The predicted molar refractivity (Wildman–Crippen MR) is 60.9 cm³/mol. The molecule has 80 valence electrons. The lowest BCUT2D eigenvalue weighted by atomic mass is 10.2. The first kappa shape index (κ1) is 9.33. The number of hydrogen-bond donors (Lipinski definition) is 0. The fraction of sp³-hybridized carbons (Fsp3) is 0.231. The zero-order valence-corrected chi connectivity index (χ0v) is 8.84. The van der Waals surface area contributed by atoms with Crippen LogP contribution in [-0.2, 0) is 0 Å². The molecule has 1 aliphatic carbocycles. The number of benzene rings is 1. The zero-order chi connectivity index (χ0) is 11.0. The molecule has 1 aliphatic rings. The molecule has 16 heavy (non-hydrogen) atoms. The molecule has 3 rings (SSSR count). The van der Waals surface area contributed by atoms with E-state index >= 15 is 0 Å². The third kappa shape index (κ3) is 1.65. The molecule has 3 heteroatoms. The van der Waals surface area contributed by atoms with Crippen molar-refractivity contribution in [2.45, 2.75) is 18.8 Å². The third-order valence-electron chi connectivity index (χ3n) is 2.88. The first-order valence-electron chi connectivity index (χ1n) is 5.48. The van der Waals surface area contributed by atoms with E-state index in [2.05, 4.69) is 11.2 Å². The van der Waals surface area contributed by atoms with Crippen molar-refractivity contribution in [2.75, 3.05) is 0 Å². The summed E-state index contributed by atoms with van der Waals surface area (Å²) in [7, 11) is 0. The van der Waals surface area contributed by atoms with Crippen LogP contribution < -0.4 is 0 Å². The normalized spacial score (nSPS) is 15.0. The monoisotopic (exact) mass is 212 g/mol. The molecular weight excluding hydrogens is 200 g/mol. The first-order chi connectivity index (χ1) is 7.86. The van der Waals surface area contributed by atoms with Crippen LogP contribution in [0.3, 0.4) is 0 Å². The number of rotatable bonds is 3. The minimum atomic E-state index is 0.663. The van der Waals surface area contributed by atoms with Crippen LogP contribution in [0.1, 0.15) is 34.8 Å². The van der Waals surface area contributed by atoms with Crippen molar-refractivity contribution in [3.05, 3.63) is 47.8 Å². The molecule has 0 spiro atoms. The van der Waals surface area contributed by atoms with Gasteiger partial charge in [-0.05, 0) is 31.0 Å². The van der Waals surface area contributed by atoms with Crippen LogP contribution in [-0.4, -0.2) is 16.1 Å². The minimum absolute atomic E-state index is 0.663. The summed E-state index contributed by atoms with van der Waals surface area (Å²) in [6.07, 6.45) is 5.32. The first-order valence-corrected chi connectivity index (χ1v) is 5.48. The topological polar surface area (TPSA) is 34.9 Å². The van der Waals surface area contributed by atoms with E-state index < -0.39 is 0 Å². The maximum atomic E-state index is 10.7. The molecule has 0 bridgehead atoms. The highest BCUT2D eigenvalue weighted by Crippen LogP contribution is 2.38. The maximum Gasteiger partial charge on any atom is 0.150 e. The van der Waals surface area contributed by atoms with E-state index in [0.29, 0.717) is 11.5 Å². The van der Waals surface area contributed by atoms with Crippen LogP contribution in [0.15, 0.2) is 36.5 Å². The second kappa shape index (κ2) is 3.59. The highest BCUT2D eigenvalue weighted by atomic mass is 16.1. The second-order valence-corrected chi connectivity index (χ2v) is 4.17. The van der Waals surface area contributed by atoms with Crippen molar-refractivity contribution >= 4 is 6.29 Å². The molecule has 0 unspecified atom stereocenters. The van der Waals surface area contributed by atoms with Gasteiger partial charge in [0, 0.05) is 17.7 Å². The van der Waals surface area contributed by atoms with Gasteiger partial charge >= 0.3 is 0 Å². The SMILES string of the molecule is O=Cc1cccc(-n2ccc(C3CC3)n2)c1. The molecule has 3 nitrogen and oxygen atoms in total. The Morgan fingerprint density at radius 2 is 2.19 bits per heavy atom. The Bertz CT molecular complexity index is 526. The minimum Gasteiger partial charge on any atom is -0.298 e. The summed E-state index contributed by atoms with van der Waals surface area (Å²) in [5, 5.41) is 4.52. The fourth-order valence-corrected chi connectivity index (χ4v) is 1.82. The molecule has 0 aliphatic heterocycles. The molecule has 0 amide bonds. The van der Waals surface area contributed by atoms with Crippen molar-refractivity contribution in [1.29, 1.82) is 0 Å². The number of aromatic nitrogens is 2. The molecule has 1 fully saturated rings. The summed E-state index contributed by atoms with van der Waals surface area (Å²) in [5.41, 5.74) is 2.79. The average Bonchev–Trinajstić information content (AvgIpc) is 3.07. The molecule has 1 aromatic heterocycles. The number of nitrogens with zero attached hydrogens (tertiary/aromatic N) is 2. The van der Waals surface area contributed by atoms with Crippen molar-refractivity contribution in [3.8, 4) is 5.69 Å². The van der Waals surface area contributed by atoms with E-state index in [9.17, 15) is 4.79 Å².